The van der Waals surface area contributed by atoms with Crippen molar-refractivity contribution < 1.29 is 28.4 Å². The van der Waals surface area contributed by atoms with Crippen LogP contribution < -0.4 is 4.74 Å². The molecule has 0 saturated heterocycles. The summed E-state index contributed by atoms with van der Waals surface area (Å²) in [4.78, 5) is 0. The van der Waals surface area contributed by atoms with Crippen LogP contribution in [0.15, 0.2) is 30.3 Å². The third-order valence-electron chi connectivity index (χ3n) is 2.91. The molecule has 0 bridgehead atoms. The number of hydrogen-bond donors (Lipinski definition) is 0. The first-order valence-electron chi connectivity index (χ1n) is 8.43. The van der Waals surface area contributed by atoms with Gasteiger partial charge in [-0.25, -0.2) is 0 Å². The molecule has 0 fully saturated rings. The molecule has 0 aliphatic carbocycles. The van der Waals surface area contributed by atoms with Crippen LogP contribution in [-0.2, 0) is 23.7 Å². The fraction of sp³-hybridized carbons (Fsp3) is 0.579. The fourth-order valence-corrected chi connectivity index (χ4v) is 1.75. The Labute approximate surface area is 150 Å². The Bertz CT molecular complexity index is 431. The molecule has 6 nitrogen and oxygen atoms in total. The van der Waals surface area contributed by atoms with Gasteiger partial charge >= 0.3 is 0 Å². The second kappa shape index (κ2) is 17.2. The minimum Gasteiger partial charge on any atom is -0.491 e. The normalized spacial score (nSPS) is 10.5. The first kappa shape index (κ1) is 21.4. The summed E-state index contributed by atoms with van der Waals surface area (Å²) in [6.07, 6.45) is 5.05. The minimum atomic E-state index is 0.320. The Morgan fingerprint density at radius 2 is 1.04 bits per heavy atom. The number of benzene rings is 1. The Kier molecular flexibility index (Phi) is 14.7. The minimum absolute atomic E-state index is 0.320. The maximum atomic E-state index is 5.51. The lowest BCUT2D eigenvalue weighted by Gasteiger charge is -2.08. The van der Waals surface area contributed by atoms with Crippen LogP contribution in [0.4, 0.5) is 0 Å². The molecule has 1 rings (SSSR count). The molecule has 0 aromatic heterocycles. The molecule has 140 valence electrons. The molecule has 0 saturated carbocycles. The van der Waals surface area contributed by atoms with Gasteiger partial charge in [0.2, 0.25) is 0 Å². The van der Waals surface area contributed by atoms with Gasteiger partial charge in [-0.05, 0) is 12.1 Å². The van der Waals surface area contributed by atoms with Crippen LogP contribution in [0.25, 0.3) is 0 Å². The van der Waals surface area contributed by atoms with E-state index in [9.17, 15) is 0 Å². The van der Waals surface area contributed by atoms with E-state index in [1.807, 2.05) is 30.3 Å². The summed E-state index contributed by atoms with van der Waals surface area (Å²) in [5, 5.41) is 0. The van der Waals surface area contributed by atoms with E-state index >= 15 is 0 Å². The van der Waals surface area contributed by atoms with Crippen molar-refractivity contribution >= 4 is 0 Å². The molecule has 25 heavy (non-hydrogen) atoms. The van der Waals surface area contributed by atoms with E-state index < -0.39 is 0 Å². The zero-order chi connectivity index (χ0) is 17.8. The monoisotopic (exact) mass is 352 g/mol. The van der Waals surface area contributed by atoms with Gasteiger partial charge in [-0.2, -0.15) is 0 Å². The van der Waals surface area contributed by atoms with Crippen molar-refractivity contribution in [1.82, 2.24) is 0 Å². The van der Waals surface area contributed by atoms with E-state index in [-0.39, 0.29) is 0 Å². The Balaban J connectivity index is 1.70. The van der Waals surface area contributed by atoms with Gasteiger partial charge in [-0.15, -0.1) is 6.42 Å². The van der Waals surface area contributed by atoms with Gasteiger partial charge in [-0.1, -0.05) is 24.1 Å². The van der Waals surface area contributed by atoms with Crippen LogP contribution in [0, 0.1) is 12.3 Å². The van der Waals surface area contributed by atoms with Crippen LogP contribution in [0.3, 0.4) is 0 Å². The van der Waals surface area contributed by atoms with Crippen LogP contribution in [0.5, 0.6) is 5.75 Å². The van der Waals surface area contributed by atoms with Gasteiger partial charge in [0.25, 0.3) is 0 Å². The highest BCUT2D eigenvalue weighted by Gasteiger charge is 1.94. The Hall–Kier alpha value is -1.62. The van der Waals surface area contributed by atoms with E-state index in [1.54, 1.807) is 0 Å². The first-order valence-corrected chi connectivity index (χ1v) is 8.43. The van der Waals surface area contributed by atoms with Gasteiger partial charge in [-0.3, -0.25) is 0 Å². The van der Waals surface area contributed by atoms with Crippen LogP contribution in [0.1, 0.15) is 0 Å². The van der Waals surface area contributed by atoms with Crippen molar-refractivity contribution in [2.24, 2.45) is 0 Å². The number of hydrogen-bond acceptors (Lipinski definition) is 6. The van der Waals surface area contributed by atoms with E-state index in [1.165, 1.54) is 0 Å². The van der Waals surface area contributed by atoms with Crippen molar-refractivity contribution in [3.63, 3.8) is 0 Å². The molecule has 1 aromatic rings. The molecule has 0 spiro atoms. The summed E-state index contributed by atoms with van der Waals surface area (Å²) >= 11 is 0. The summed E-state index contributed by atoms with van der Waals surface area (Å²) in [7, 11) is 0. The zero-order valence-electron chi connectivity index (χ0n) is 14.7. The second-order valence-electron chi connectivity index (χ2n) is 4.87. The molecule has 0 atom stereocenters. The lowest BCUT2D eigenvalue weighted by molar-refractivity contribution is -0.0110. The summed E-state index contributed by atoms with van der Waals surface area (Å²) in [6, 6.07) is 9.67. The highest BCUT2D eigenvalue weighted by Crippen LogP contribution is 2.07. The molecule has 0 aliphatic heterocycles. The maximum Gasteiger partial charge on any atom is 0.119 e. The summed E-state index contributed by atoms with van der Waals surface area (Å²) < 4.78 is 32.1. The molecule has 0 aliphatic rings. The largest absolute Gasteiger partial charge is 0.491 e. The molecule has 6 heteroatoms. The van der Waals surface area contributed by atoms with Crippen LogP contribution in [-0.4, -0.2) is 72.7 Å². The van der Waals surface area contributed by atoms with Gasteiger partial charge in [0.05, 0.1) is 59.5 Å². The number of ether oxygens (including phenoxy) is 6. The number of rotatable bonds is 17. The van der Waals surface area contributed by atoms with Crippen LogP contribution >= 0.6 is 0 Å². The molecular formula is C19H28O6. The highest BCUT2D eigenvalue weighted by molar-refractivity contribution is 5.20. The predicted octanol–water partition coefficient (Wildman–Crippen LogP) is 1.78. The van der Waals surface area contributed by atoms with E-state index in [4.69, 9.17) is 34.8 Å². The Morgan fingerprint density at radius 3 is 1.52 bits per heavy atom. The molecule has 0 heterocycles. The van der Waals surface area contributed by atoms with E-state index in [0.717, 1.165) is 5.75 Å². The van der Waals surface area contributed by atoms with Crippen molar-refractivity contribution in [2.45, 2.75) is 0 Å². The summed E-state index contributed by atoms with van der Waals surface area (Å²) in [5.41, 5.74) is 0. The lowest BCUT2D eigenvalue weighted by atomic mass is 10.3. The lowest BCUT2D eigenvalue weighted by Crippen LogP contribution is -2.14. The standard InChI is InChI=1S/C19H28O6/c1-2-8-20-9-10-21-11-12-22-13-14-23-15-16-24-17-18-25-19-6-4-3-5-7-19/h1,3-7H,8-18H2. The molecule has 0 N–H and O–H groups in total. The van der Waals surface area contributed by atoms with Crippen molar-refractivity contribution in [3.8, 4) is 18.1 Å². The van der Waals surface area contributed by atoms with Gasteiger partial charge < -0.3 is 28.4 Å². The van der Waals surface area contributed by atoms with E-state index in [0.29, 0.717) is 72.7 Å². The van der Waals surface area contributed by atoms with Gasteiger partial charge in [0.15, 0.2) is 0 Å². The van der Waals surface area contributed by atoms with Crippen molar-refractivity contribution in [2.75, 3.05) is 72.7 Å². The molecule has 0 unspecified atom stereocenters. The zero-order valence-corrected chi connectivity index (χ0v) is 14.7. The third kappa shape index (κ3) is 14.4. The third-order valence-corrected chi connectivity index (χ3v) is 2.91. The second-order valence-corrected chi connectivity index (χ2v) is 4.87. The molecular weight excluding hydrogens is 324 g/mol. The average molecular weight is 352 g/mol. The summed E-state index contributed by atoms with van der Waals surface area (Å²) in [5.74, 6) is 3.24. The van der Waals surface area contributed by atoms with E-state index in [2.05, 4.69) is 5.92 Å². The quantitative estimate of drug-likeness (QED) is 0.315. The van der Waals surface area contributed by atoms with Gasteiger partial charge in [0.1, 0.15) is 19.0 Å². The number of para-hydroxylation sites is 1. The molecule has 0 radical (unpaired) electrons. The smallest absolute Gasteiger partial charge is 0.119 e. The Morgan fingerprint density at radius 1 is 0.600 bits per heavy atom. The van der Waals surface area contributed by atoms with Gasteiger partial charge in [0, 0.05) is 0 Å². The number of terminal acetylenes is 1. The SMILES string of the molecule is C#CCOCCOCCOCCOCCOCCOc1ccccc1. The van der Waals surface area contributed by atoms with Crippen molar-refractivity contribution in [3.05, 3.63) is 30.3 Å². The topological polar surface area (TPSA) is 55.4 Å². The predicted molar refractivity (Wildman–Crippen MR) is 94.9 cm³/mol. The van der Waals surface area contributed by atoms with Crippen LogP contribution in [0.2, 0.25) is 0 Å². The molecule has 0 amide bonds. The fourth-order valence-electron chi connectivity index (χ4n) is 1.75. The first-order chi connectivity index (χ1) is 12.4. The van der Waals surface area contributed by atoms with Crippen molar-refractivity contribution in [1.29, 1.82) is 0 Å². The average Bonchev–Trinajstić information content (AvgIpc) is 2.65. The molecule has 1 aromatic carbocycles. The maximum absolute atomic E-state index is 5.51. The highest BCUT2D eigenvalue weighted by atomic mass is 16.6. The summed E-state index contributed by atoms with van der Waals surface area (Å²) in [6.45, 7) is 5.63.